The fourth-order valence-electron chi connectivity index (χ4n) is 2.76. The Morgan fingerprint density at radius 3 is 2.63 bits per heavy atom. The molecule has 0 radical (unpaired) electrons. The molecule has 0 bridgehead atoms. The van der Waals surface area contributed by atoms with E-state index >= 15 is 0 Å². The van der Waals surface area contributed by atoms with Gasteiger partial charge >= 0.3 is 0 Å². The average Bonchev–Trinajstić information content (AvgIpc) is 2.91. The molecule has 3 N–H and O–H groups in total. The topological polar surface area (TPSA) is 77.2 Å². The molecule has 0 aliphatic heterocycles. The van der Waals surface area contributed by atoms with E-state index in [-0.39, 0.29) is 30.3 Å². The maximum absolute atomic E-state index is 14.0. The van der Waals surface area contributed by atoms with Crippen molar-refractivity contribution in [3.8, 4) is 5.75 Å². The highest BCUT2D eigenvalue weighted by Crippen LogP contribution is 2.35. The maximum atomic E-state index is 14.0. The van der Waals surface area contributed by atoms with Gasteiger partial charge < -0.3 is 15.8 Å². The smallest absolute Gasteiger partial charge is 0.263 e. The molecule has 0 spiro atoms. The Morgan fingerprint density at radius 2 is 1.96 bits per heavy atom. The number of fused-ring (bicyclic) bond motifs is 1. The van der Waals surface area contributed by atoms with Crippen LogP contribution < -0.4 is 15.8 Å². The Bertz CT molecular complexity index is 1020. The van der Waals surface area contributed by atoms with E-state index in [1.54, 1.807) is 0 Å². The second kappa shape index (κ2) is 8.06. The number of benzene rings is 1. The Morgan fingerprint density at radius 1 is 1.26 bits per heavy atom. The standard InChI is InChI=1S/C18H17F2N3O2S.ClH/c1-8-4-9(2)23-18-14(8)15(21)16(26-18)17(24)22-7-10-5-12(20)13(25-3)6-11(10)19;/h4-6H,7,21H2,1-3H3,(H,22,24);1H. The zero-order valence-corrected chi connectivity index (χ0v) is 16.5. The van der Waals surface area contributed by atoms with E-state index in [1.807, 2.05) is 19.9 Å². The lowest BCUT2D eigenvalue weighted by molar-refractivity contribution is 0.0955. The number of hydrogen-bond donors (Lipinski definition) is 2. The normalized spacial score (nSPS) is 10.6. The highest BCUT2D eigenvalue weighted by atomic mass is 35.5. The van der Waals surface area contributed by atoms with Crippen molar-refractivity contribution in [2.45, 2.75) is 20.4 Å². The largest absolute Gasteiger partial charge is 0.494 e. The van der Waals surface area contributed by atoms with Gasteiger partial charge in [0, 0.05) is 29.3 Å². The molecule has 3 aromatic rings. The molecule has 27 heavy (non-hydrogen) atoms. The maximum Gasteiger partial charge on any atom is 0.263 e. The molecule has 1 amide bonds. The molecule has 2 aromatic heterocycles. The summed E-state index contributed by atoms with van der Waals surface area (Å²) in [6, 6.07) is 3.83. The minimum Gasteiger partial charge on any atom is -0.494 e. The van der Waals surface area contributed by atoms with Gasteiger partial charge in [0.15, 0.2) is 11.6 Å². The van der Waals surface area contributed by atoms with Crippen LogP contribution in [0.2, 0.25) is 0 Å². The lowest BCUT2D eigenvalue weighted by Gasteiger charge is -2.08. The van der Waals surface area contributed by atoms with Gasteiger partial charge in [0.2, 0.25) is 0 Å². The second-order valence-corrected chi connectivity index (χ2v) is 6.87. The van der Waals surface area contributed by atoms with E-state index in [0.29, 0.717) is 15.4 Å². The third-order valence-electron chi connectivity index (χ3n) is 3.99. The van der Waals surface area contributed by atoms with Gasteiger partial charge in [-0.15, -0.1) is 23.7 Å². The van der Waals surface area contributed by atoms with Gasteiger partial charge in [-0.1, -0.05) is 0 Å². The lowest BCUT2D eigenvalue weighted by atomic mass is 10.1. The molecule has 0 aliphatic carbocycles. The first-order valence-electron chi connectivity index (χ1n) is 7.78. The number of aromatic nitrogens is 1. The highest BCUT2D eigenvalue weighted by Gasteiger charge is 2.19. The minimum absolute atomic E-state index is 0. The summed E-state index contributed by atoms with van der Waals surface area (Å²) >= 11 is 1.17. The van der Waals surface area contributed by atoms with Gasteiger partial charge in [-0.25, -0.2) is 13.8 Å². The molecule has 3 rings (SSSR count). The van der Waals surface area contributed by atoms with E-state index in [4.69, 9.17) is 10.5 Å². The molecule has 1 aromatic carbocycles. The summed E-state index contributed by atoms with van der Waals surface area (Å²) in [7, 11) is 1.25. The number of ether oxygens (including phenoxy) is 1. The van der Waals surface area contributed by atoms with Crippen molar-refractivity contribution in [3.63, 3.8) is 0 Å². The number of nitrogens with one attached hydrogen (secondary N) is 1. The van der Waals surface area contributed by atoms with Gasteiger partial charge in [0.05, 0.1) is 12.8 Å². The third kappa shape index (κ3) is 3.96. The van der Waals surface area contributed by atoms with E-state index in [2.05, 4.69) is 10.3 Å². The fourth-order valence-corrected chi connectivity index (χ4v) is 3.89. The highest BCUT2D eigenvalue weighted by molar-refractivity contribution is 7.21. The number of methoxy groups -OCH3 is 1. The number of rotatable bonds is 4. The van der Waals surface area contributed by atoms with Crippen molar-refractivity contribution in [2.24, 2.45) is 0 Å². The zero-order chi connectivity index (χ0) is 19.0. The number of nitrogen functional groups attached to an aromatic ring is 1. The van der Waals surface area contributed by atoms with Gasteiger partial charge in [0.25, 0.3) is 5.91 Å². The summed E-state index contributed by atoms with van der Waals surface area (Å²) < 4.78 is 32.4. The summed E-state index contributed by atoms with van der Waals surface area (Å²) in [6.45, 7) is 3.59. The number of carbonyl (C=O) groups excluding carboxylic acids is 1. The van der Waals surface area contributed by atoms with E-state index in [0.717, 1.165) is 28.8 Å². The van der Waals surface area contributed by atoms with Gasteiger partial charge in [0.1, 0.15) is 15.5 Å². The second-order valence-electron chi connectivity index (χ2n) is 5.87. The quantitative estimate of drug-likeness (QED) is 0.674. The van der Waals surface area contributed by atoms with Crippen LogP contribution in [-0.4, -0.2) is 18.0 Å². The number of thiophene rings is 1. The van der Waals surface area contributed by atoms with Crippen molar-refractivity contribution < 1.29 is 18.3 Å². The van der Waals surface area contributed by atoms with Crippen LogP contribution in [0.3, 0.4) is 0 Å². The molecular weight excluding hydrogens is 396 g/mol. The van der Waals surface area contributed by atoms with Crippen LogP contribution in [-0.2, 0) is 6.54 Å². The van der Waals surface area contributed by atoms with E-state index in [1.165, 1.54) is 18.4 Å². The third-order valence-corrected chi connectivity index (χ3v) is 5.09. The molecule has 0 unspecified atom stereocenters. The Hall–Kier alpha value is -2.45. The first kappa shape index (κ1) is 20.9. The van der Waals surface area contributed by atoms with Crippen molar-refractivity contribution >= 4 is 45.6 Å². The number of hydrogen-bond acceptors (Lipinski definition) is 5. The number of carbonyl (C=O) groups is 1. The number of aryl methyl sites for hydroxylation is 2. The number of pyridine rings is 1. The summed E-state index contributed by atoms with van der Waals surface area (Å²) in [5, 5.41) is 3.32. The molecule has 144 valence electrons. The lowest BCUT2D eigenvalue weighted by Crippen LogP contribution is -2.23. The van der Waals surface area contributed by atoms with Gasteiger partial charge in [-0.2, -0.15) is 0 Å². The SMILES string of the molecule is COc1cc(F)c(CNC(=O)c2sc3nc(C)cc(C)c3c2N)cc1F.Cl. The average molecular weight is 414 g/mol. The minimum atomic E-state index is -0.699. The Kier molecular flexibility index (Phi) is 6.22. The molecule has 0 fully saturated rings. The zero-order valence-electron chi connectivity index (χ0n) is 14.9. The molecule has 0 aliphatic rings. The number of halogens is 3. The fraction of sp³-hybridized carbons (Fsp3) is 0.222. The van der Waals surface area contributed by atoms with Crippen LogP contribution in [0.5, 0.6) is 5.75 Å². The predicted molar refractivity (Wildman–Crippen MR) is 105 cm³/mol. The molecule has 2 heterocycles. The van der Waals surface area contributed by atoms with Crippen LogP contribution in [0.1, 0.15) is 26.5 Å². The molecular formula is C18H18ClF2N3O2S. The first-order chi connectivity index (χ1) is 12.3. The molecule has 9 heteroatoms. The first-order valence-corrected chi connectivity index (χ1v) is 8.59. The molecule has 0 atom stereocenters. The number of nitrogens with zero attached hydrogens (tertiary/aromatic N) is 1. The Labute approximate surface area is 165 Å². The van der Waals surface area contributed by atoms with E-state index in [9.17, 15) is 13.6 Å². The molecule has 5 nitrogen and oxygen atoms in total. The summed E-state index contributed by atoms with van der Waals surface area (Å²) in [4.78, 5) is 17.8. The van der Waals surface area contributed by atoms with Gasteiger partial charge in [-0.3, -0.25) is 4.79 Å². The van der Waals surface area contributed by atoms with Crippen LogP contribution in [0, 0.1) is 25.5 Å². The number of amides is 1. The number of nitrogens with two attached hydrogens (primary N) is 1. The van der Waals surface area contributed by atoms with Crippen LogP contribution in [0.25, 0.3) is 10.2 Å². The van der Waals surface area contributed by atoms with Crippen LogP contribution in [0.15, 0.2) is 18.2 Å². The Balaban J connectivity index is 0.00000261. The van der Waals surface area contributed by atoms with Crippen LogP contribution in [0.4, 0.5) is 14.5 Å². The van der Waals surface area contributed by atoms with Crippen molar-refractivity contribution in [1.82, 2.24) is 10.3 Å². The van der Waals surface area contributed by atoms with Crippen molar-refractivity contribution in [2.75, 3.05) is 12.8 Å². The summed E-state index contributed by atoms with van der Waals surface area (Å²) in [5.41, 5.74) is 8.23. The van der Waals surface area contributed by atoms with Gasteiger partial charge in [-0.05, 0) is 31.5 Å². The van der Waals surface area contributed by atoms with E-state index < -0.39 is 17.5 Å². The summed E-state index contributed by atoms with van der Waals surface area (Å²) in [5.74, 6) is -2.02. The van der Waals surface area contributed by atoms with Crippen molar-refractivity contribution in [1.29, 1.82) is 0 Å². The molecule has 0 saturated carbocycles. The summed E-state index contributed by atoms with van der Waals surface area (Å²) in [6.07, 6.45) is 0. The van der Waals surface area contributed by atoms with Crippen molar-refractivity contribution in [3.05, 3.63) is 51.5 Å². The van der Waals surface area contributed by atoms with Crippen LogP contribution >= 0.6 is 23.7 Å². The monoisotopic (exact) mass is 413 g/mol. The predicted octanol–water partition coefficient (Wildman–Crippen LogP) is 4.13. The molecule has 0 saturated heterocycles. The number of anilines is 1.